The van der Waals surface area contributed by atoms with Crippen molar-refractivity contribution in [3.8, 4) is 0 Å². The summed E-state index contributed by atoms with van der Waals surface area (Å²) in [5.41, 5.74) is 2.01. The van der Waals surface area contributed by atoms with E-state index in [-0.39, 0.29) is 5.92 Å². The van der Waals surface area contributed by atoms with E-state index >= 15 is 0 Å². The van der Waals surface area contributed by atoms with Crippen molar-refractivity contribution in [3.05, 3.63) is 32.2 Å². The van der Waals surface area contributed by atoms with Gasteiger partial charge in [0, 0.05) is 20.4 Å². The fourth-order valence-electron chi connectivity index (χ4n) is 4.17. The highest BCUT2D eigenvalue weighted by molar-refractivity contribution is 9.11. The Morgan fingerprint density at radius 1 is 1.00 bits per heavy atom. The van der Waals surface area contributed by atoms with Gasteiger partial charge in [-0.3, -0.25) is 4.79 Å². The Labute approximate surface area is 144 Å². The number of halogens is 2. The van der Waals surface area contributed by atoms with Gasteiger partial charge in [0.05, 0.1) is 0 Å². The molecule has 2 aliphatic carbocycles. The van der Waals surface area contributed by atoms with Crippen molar-refractivity contribution in [1.29, 1.82) is 0 Å². The lowest BCUT2D eigenvalue weighted by Crippen LogP contribution is -2.31. The van der Waals surface area contributed by atoms with Crippen LogP contribution in [0, 0.1) is 24.7 Å². The minimum absolute atomic E-state index is 0.232. The summed E-state index contributed by atoms with van der Waals surface area (Å²) in [6.07, 6.45) is 8.95. The van der Waals surface area contributed by atoms with Crippen molar-refractivity contribution in [1.82, 2.24) is 0 Å². The SMILES string of the molecule is Cc1cc(Br)c(C(=O)C2CCC3CCCCC3C2)cc1Br. The molecule has 0 amide bonds. The zero-order chi connectivity index (χ0) is 15.0. The van der Waals surface area contributed by atoms with Gasteiger partial charge in [-0.1, -0.05) is 57.5 Å². The minimum atomic E-state index is 0.232. The number of rotatable bonds is 2. The number of hydrogen-bond acceptors (Lipinski definition) is 1. The third kappa shape index (κ3) is 3.29. The summed E-state index contributed by atoms with van der Waals surface area (Å²) in [4.78, 5) is 12.9. The number of aryl methyl sites for hydroxylation is 1. The zero-order valence-corrected chi connectivity index (χ0v) is 15.7. The second kappa shape index (κ2) is 6.54. The minimum Gasteiger partial charge on any atom is -0.294 e. The highest BCUT2D eigenvalue weighted by Crippen LogP contribution is 2.44. The lowest BCUT2D eigenvalue weighted by atomic mass is 9.66. The molecule has 114 valence electrons. The Morgan fingerprint density at radius 2 is 1.71 bits per heavy atom. The Kier molecular flexibility index (Phi) is 4.90. The van der Waals surface area contributed by atoms with E-state index in [1.165, 1.54) is 32.1 Å². The monoisotopic (exact) mass is 412 g/mol. The van der Waals surface area contributed by atoms with Crippen LogP contribution >= 0.6 is 31.9 Å². The largest absolute Gasteiger partial charge is 0.294 e. The summed E-state index contributed by atoms with van der Waals surface area (Å²) >= 11 is 7.13. The fourth-order valence-corrected chi connectivity index (χ4v) is 5.16. The second-order valence-electron chi connectivity index (χ2n) is 6.76. The molecule has 3 rings (SSSR count). The normalized spacial score (nSPS) is 29.0. The van der Waals surface area contributed by atoms with Crippen molar-refractivity contribution in [2.24, 2.45) is 17.8 Å². The van der Waals surface area contributed by atoms with Crippen molar-refractivity contribution in [3.63, 3.8) is 0 Å². The molecule has 0 aromatic heterocycles. The van der Waals surface area contributed by atoms with Crippen molar-refractivity contribution >= 4 is 37.6 Å². The Hall–Kier alpha value is -0.150. The van der Waals surface area contributed by atoms with E-state index in [0.717, 1.165) is 44.7 Å². The van der Waals surface area contributed by atoms with E-state index in [1.54, 1.807) is 0 Å². The molecule has 0 aliphatic heterocycles. The third-order valence-electron chi connectivity index (χ3n) is 5.42. The lowest BCUT2D eigenvalue weighted by Gasteiger charge is -2.38. The van der Waals surface area contributed by atoms with Gasteiger partial charge in [0.1, 0.15) is 0 Å². The Bertz CT molecular complexity index is 552. The van der Waals surface area contributed by atoms with Crippen LogP contribution in [0.5, 0.6) is 0 Å². The Balaban J connectivity index is 1.78. The molecule has 21 heavy (non-hydrogen) atoms. The van der Waals surface area contributed by atoms with Crippen molar-refractivity contribution in [2.45, 2.75) is 51.9 Å². The number of benzene rings is 1. The van der Waals surface area contributed by atoms with E-state index in [0.29, 0.717) is 5.78 Å². The predicted octanol–water partition coefficient (Wildman–Crippen LogP) is 6.31. The van der Waals surface area contributed by atoms with E-state index in [4.69, 9.17) is 0 Å². The zero-order valence-electron chi connectivity index (χ0n) is 12.5. The molecule has 3 unspecified atom stereocenters. The van der Waals surface area contributed by atoms with Crippen LogP contribution in [0.15, 0.2) is 21.1 Å². The van der Waals surface area contributed by atoms with Gasteiger partial charge in [0.15, 0.2) is 5.78 Å². The van der Waals surface area contributed by atoms with Crippen LogP contribution in [0.1, 0.15) is 60.9 Å². The first-order valence-electron chi connectivity index (χ1n) is 8.06. The van der Waals surface area contributed by atoms with Gasteiger partial charge in [-0.05, 0) is 55.7 Å². The van der Waals surface area contributed by atoms with Crippen LogP contribution in [0.25, 0.3) is 0 Å². The van der Waals surface area contributed by atoms with Crippen LogP contribution in [-0.2, 0) is 0 Å². The van der Waals surface area contributed by atoms with Crippen LogP contribution < -0.4 is 0 Å². The van der Waals surface area contributed by atoms with Crippen LogP contribution in [0.2, 0.25) is 0 Å². The van der Waals surface area contributed by atoms with E-state index in [9.17, 15) is 4.79 Å². The summed E-state index contributed by atoms with van der Waals surface area (Å²) in [6, 6.07) is 4.04. The number of Topliss-reactive ketones (excluding diaryl/α,β-unsaturated/α-hetero) is 1. The number of carbonyl (C=O) groups is 1. The van der Waals surface area contributed by atoms with Gasteiger partial charge in [-0.15, -0.1) is 0 Å². The first-order chi connectivity index (χ1) is 10.1. The number of carbonyl (C=O) groups excluding carboxylic acids is 1. The second-order valence-corrected chi connectivity index (χ2v) is 8.47. The molecule has 2 fully saturated rings. The average Bonchev–Trinajstić information content (AvgIpc) is 2.50. The van der Waals surface area contributed by atoms with Gasteiger partial charge < -0.3 is 0 Å². The number of hydrogen-bond donors (Lipinski definition) is 0. The highest BCUT2D eigenvalue weighted by Gasteiger charge is 2.35. The molecule has 2 saturated carbocycles. The molecule has 0 N–H and O–H groups in total. The molecule has 3 atom stereocenters. The van der Waals surface area contributed by atoms with Crippen LogP contribution in [-0.4, -0.2) is 5.78 Å². The first kappa shape index (κ1) is 15.7. The lowest BCUT2D eigenvalue weighted by molar-refractivity contribution is 0.0762. The number of fused-ring (bicyclic) bond motifs is 1. The quantitative estimate of drug-likeness (QED) is 0.519. The van der Waals surface area contributed by atoms with Gasteiger partial charge in [0.2, 0.25) is 0 Å². The molecule has 1 aromatic rings. The molecule has 2 aliphatic rings. The third-order valence-corrected chi connectivity index (χ3v) is 6.93. The molecule has 0 saturated heterocycles. The van der Waals surface area contributed by atoms with E-state index < -0.39 is 0 Å². The van der Waals surface area contributed by atoms with Gasteiger partial charge >= 0.3 is 0 Å². The molecule has 0 radical (unpaired) electrons. The topological polar surface area (TPSA) is 17.1 Å². The summed E-state index contributed by atoms with van der Waals surface area (Å²) in [6.45, 7) is 2.05. The molecule has 0 bridgehead atoms. The maximum Gasteiger partial charge on any atom is 0.167 e. The van der Waals surface area contributed by atoms with Gasteiger partial charge in [-0.25, -0.2) is 0 Å². The summed E-state index contributed by atoms with van der Waals surface area (Å²) in [5, 5.41) is 0. The van der Waals surface area contributed by atoms with Crippen molar-refractivity contribution < 1.29 is 4.79 Å². The molecule has 3 heteroatoms. The molecule has 0 heterocycles. The van der Waals surface area contributed by atoms with E-state index in [1.807, 2.05) is 12.1 Å². The summed E-state index contributed by atoms with van der Waals surface area (Å²) in [7, 11) is 0. The smallest absolute Gasteiger partial charge is 0.167 e. The van der Waals surface area contributed by atoms with Gasteiger partial charge in [-0.2, -0.15) is 0 Å². The maximum atomic E-state index is 12.9. The van der Waals surface area contributed by atoms with Crippen LogP contribution in [0.3, 0.4) is 0 Å². The number of ketones is 1. The highest BCUT2D eigenvalue weighted by atomic mass is 79.9. The van der Waals surface area contributed by atoms with Crippen molar-refractivity contribution in [2.75, 3.05) is 0 Å². The molecule has 0 spiro atoms. The van der Waals surface area contributed by atoms with Gasteiger partial charge in [0.25, 0.3) is 0 Å². The summed E-state index contributed by atoms with van der Waals surface area (Å²) in [5.74, 6) is 2.27. The standard InChI is InChI=1S/C18H22Br2O/c1-11-8-17(20)15(10-16(11)19)18(21)14-7-6-12-4-2-3-5-13(12)9-14/h8,10,12-14H,2-7,9H2,1H3. The molecule has 1 aromatic carbocycles. The summed E-state index contributed by atoms with van der Waals surface area (Å²) < 4.78 is 1.97. The predicted molar refractivity (Wildman–Crippen MR) is 93.7 cm³/mol. The molecular formula is C18H22Br2O. The Morgan fingerprint density at radius 3 is 2.48 bits per heavy atom. The molecule has 1 nitrogen and oxygen atoms in total. The van der Waals surface area contributed by atoms with Crippen LogP contribution in [0.4, 0.5) is 0 Å². The van der Waals surface area contributed by atoms with E-state index in [2.05, 4.69) is 38.8 Å². The average molecular weight is 414 g/mol. The molecular weight excluding hydrogens is 392 g/mol. The maximum absolute atomic E-state index is 12.9. The first-order valence-corrected chi connectivity index (χ1v) is 9.64. The fraction of sp³-hybridized carbons (Fsp3) is 0.611.